The first-order chi connectivity index (χ1) is 14.4. The Labute approximate surface area is 192 Å². The second kappa shape index (κ2) is 8.96. The maximum atomic E-state index is 5.54. The molecule has 4 heterocycles. The van der Waals surface area contributed by atoms with Crippen molar-refractivity contribution in [1.82, 2.24) is 18.9 Å². The predicted octanol–water partition coefficient (Wildman–Crippen LogP) is 3.86. The topological polar surface area (TPSA) is 53.2 Å². The van der Waals surface area contributed by atoms with E-state index in [1.807, 2.05) is 18.2 Å². The quantitative estimate of drug-likeness (QED) is 0.460. The lowest BCUT2D eigenvalue weighted by molar-refractivity contribution is 0.0366. The van der Waals surface area contributed by atoms with Crippen LogP contribution in [0.25, 0.3) is 28.1 Å². The predicted molar refractivity (Wildman–Crippen MR) is 124 cm³/mol. The molecule has 0 atom stereocenters. The molecule has 6 rings (SSSR count). The first-order valence-electron chi connectivity index (χ1n) is 10.0. The second-order valence-corrected chi connectivity index (χ2v) is 7.46. The zero-order valence-electron chi connectivity index (χ0n) is 16.9. The first-order valence-corrected chi connectivity index (χ1v) is 10.0. The Bertz CT molecular complexity index is 1200. The molecule has 4 aromatic rings. The van der Waals surface area contributed by atoms with Crippen molar-refractivity contribution >= 4 is 41.6 Å². The summed E-state index contributed by atoms with van der Waals surface area (Å²) in [6.07, 6.45) is 2.11. The molecule has 7 nitrogen and oxygen atoms in total. The van der Waals surface area contributed by atoms with Crippen LogP contribution in [0.15, 0.2) is 48.7 Å². The van der Waals surface area contributed by atoms with Crippen LogP contribution in [0.4, 0.5) is 0 Å². The number of halogens is 2. The molecular formula is C22H24Cl2N4O3. The van der Waals surface area contributed by atoms with Gasteiger partial charge in [-0.15, -0.1) is 24.8 Å². The second-order valence-electron chi connectivity index (χ2n) is 7.46. The molecule has 0 aliphatic carbocycles. The number of benzene rings is 2. The van der Waals surface area contributed by atoms with Gasteiger partial charge in [-0.25, -0.2) is 4.98 Å². The van der Waals surface area contributed by atoms with Crippen molar-refractivity contribution in [1.29, 1.82) is 0 Å². The van der Waals surface area contributed by atoms with Crippen LogP contribution in [0, 0.1) is 0 Å². The highest BCUT2D eigenvalue weighted by molar-refractivity contribution is 5.85. The number of hydrogen-bond acceptors (Lipinski definition) is 5. The van der Waals surface area contributed by atoms with E-state index in [-0.39, 0.29) is 31.6 Å². The molecule has 0 unspecified atom stereocenters. The number of hydrogen-bond donors (Lipinski definition) is 0. The summed E-state index contributed by atoms with van der Waals surface area (Å²) >= 11 is 0. The summed E-state index contributed by atoms with van der Waals surface area (Å²) in [5.41, 5.74) is 4.34. The summed E-state index contributed by atoms with van der Waals surface area (Å²) < 4.78 is 21.0. The Morgan fingerprint density at radius 1 is 0.871 bits per heavy atom. The van der Waals surface area contributed by atoms with Crippen molar-refractivity contribution in [3.63, 3.8) is 0 Å². The van der Waals surface area contributed by atoms with E-state index in [4.69, 9.17) is 19.2 Å². The first kappa shape index (κ1) is 21.8. The SMILES string of the molecule is Cl.Cl.c1ccc2c(c1)n(CCN1CCOCC1)c1nc(-c3ccc4c(c3)OCO4)cn21. The van der Waals surface area contributed by atoms with Crippen molar-refractivity contribution in [2.24, 2.45) is 0 Å². The number of ether oxygens (including phenoxy) is 3. The number of aromatic nitrogens is 3. The Balaban J connectivity index is 0.00000116. The molecular weight excluding hydrogens is 439 g/mol. The van der Waals surface area contributed by atoms with Crippen LogP contribution in [0.3, 0.4) is 0 Å². The molecule has 0 radical (unpaired) electrons. The van der Waals surface area contributed by atoms with Crippen molar-refractivity contribution in [3.8, 4) is 22.8 Å². The van der Waals surface area contributed by atoms with Gasteiger partial charge in [0.05, 0.1) is 29.9 Å². The van der Waals surface area contributed by atoms with Gasteiger partial charge in [0, 0.05) is 37.9 Å². The van der Waals surface area contributed by atoms with Gasteiger partial charge in [0.25, 0.3) is 0 Å². The highest BCUT2D eigenvalue weighted by Crippen LogP contribution is 2.36. The molecule has 31 heavy (non-hydrogen) atoms. The number of nitrogens with zero attached hydrogens (tertiary/aromatic N) is 4. The maximum absolute atomic E-state index is 5.54. The fourth-order valence-electron chi connectivity index (χ4n) is 4.22. The Morgan fingerprint density at radius 3 is 2.48 bits per heavy atom. The Kier molecular flexibility index (Phi) is 6.29. The standard InChI is InChI=1S/C22H22N4O3.2ClH/c1-2-4-19-18(3-1)25(8-7-24-9-11-27-12-10-24)22-23-17(14-26(19)22)16-5-6-20-21(13-16)29-15-28-20;;/h1-6,13-14H,7-12,15H2;2*1H. The molecule has 2 aliphatic rings. The average Bonchev–Trinajstić information content (AvgIpc) is 3.47. The van der Waals surface area contributed by atoms with Gasteiger partial charge in [0.2, 0.25) is 12.6 Å². The van der Waals surface area contributed by atoms with Crippen molar-refractivity contribution in [3.05, 3.63) is 48.7 Å². The monoisotopic (exact) mass is 462 g/mol. The molecule has 0 spiro atoms. The molecule has 2 aromatic carbocycles. The van der Waals surface area contributed by atoms with Gasteiger partial charge in [-0.05, 0) is 30.3 Å². The summed E-state index contributed by atoms with van der Waals surface area (Å²) in [6.45, 7) is 5.79. The van der Waals surface area contributed by atoms with E-state index in [1.54, 1.807) is 0 Å². The smallest absolute Gasteiger partial charge is 0.231 e. The van der Waals surface area contributed by atoms with Crippen LogP contribution in [-0.2, 0) is 11.3 Å². The van der Waals surface area contributed by atoms with Crippen LogP contribution in [0.2, 0.25) is 0 Å². The number of rotatable bonds is 4. The Hall–Kier alpha value is -2.45. The lowest BCUT2D eigenvalue weighted by Gasteiger charge is -2.26. The van der Waals surface area contributed by atoms with Gasteiger partial charge in [-0.2, -0.15) is 0 Å². The van der Waals surface area contributed by atoms with E-state index in [1.165, 1.54) is 11.0 Å². The minimum atomic E-state index is 0. The summed E-state index contributed by atoms with van der Waals surface area (Å²) in [6, 6.07) is 14.5. The molecule has 0 N–H and O–H groups in total. The summed E-state index contributed by atoms with van der Waals surface area (Å²) in [4.78, 5) is 7.45. The molecule has 0 amide bonds. The number of para-hydroxylation sites is 2. The summed E-state index contributed by atoms with van der Waals surface area (Å²) in [5.74, 6) is 2.53. The largest absolute Gasteiger partial charge is 0.454 e. The van der Waals surface area contributed by atoms with Crippen molar-refractivity contribution in [2.45, 2.75) is 6.54 Å². The highest BCUT2D eigenvalue weighted by atomic mass is 35.5. The molecule has 164 valence electrons. The van der Waals surface area contributed by atoms with Gasteiger partial charge in [-0.3, -0.25) is 9.30 Å². The van der Waals surface area contributed by atoms with E-state index in [0.29, 0.717) is 0 Å². The van der Waals surface area contributed by atoms with E-state index in [2.05, 4.69) is 44.3 Å². The van der Waals surface area contributed by atoms with E-state index in [9.17, 15) is 0 Å². The average molecular weight is 463 g/mol. The fourth-order valence-corrected chi connectivity index (χ4v) is 4.22. The maximum Gasteiger partial charge on any atom is 0.231 e. The molecule has 1 fully saturated rings. The van der Waals surface area contributed by atoms with E-state index < -0.39 is 0 Å². The van der Waals surface area contributed by atoms with Gasteiger partial charge in [-0.1, -0.05) is 12.1 Å². The lowest BCUT2D eigenvalue weighted by atomic mass is 10.1. The van der Waals surface area contributed by atoms with Gasteiger partial charge < -0.3 is 18.8 Å². The van der Waals surface area contributed by atoms with Crippen LogP contribution in [-0.4, -0.2) is 58.5 Å². The minimum Gasteiger partial charge on any atom is -0.454 e. The van der Waals surface area contributed by atoms with Crippen LogP contribution < -0.4 is 9.47 Å². The number of fused-ring (bicyclic) bond motifs is 4. The minimum absolute atomic E-state index is 0. The Morgan fingerprint density at radius 2 is 1.65 bits per heavy atom. The van der Waals surface area contributed by atoms with Gasteiger partial charge in [0.15, 0.2) is 11.5 Å². The highest BCUT2D eigenvalue weighted by Gasteiger charge is 2.19. The summed E-state index contributed by atoms with van der Waals surface area (Å²) in [5, 5.41) is 0. The third-order valence-electron chi connectivity index (χ3n) is 5.77. The number of imidazole rings is 2. The van der Waals surface area contributed by atoms with Gasteiger partial charge in [0.1, 0.15) is 0 Å². The van der Waals surface area contributed by atoms with Crippen LogP contribution in [0.5, 0.6) is 11.5 Å². The molecule has 2 aromatic heterocycles. The lowest BCUT2D eigenvalue weighted by Crippen LogP contribution is -2.38. The fraction of sp³-hybridized carbons (Fsp3) is 0.318. The zero-order chi connectivity index (χ0) is 19.2. The third-order valence-corrected chi connectivity index (χ3v) is 5.77. The molecule has 0 bridgehead atoms. The molecule has 1 saturated heterocycles. The van der Waals surface area contributed by atoms with E-state index in [0.717, 1.165) is 67.9 Å². The molecule has 2 aliphatic heterocycles. The van der Waals surface area contributed by atoms with Gasteiger partial charge >= 0.3 is 0 Å². The van der Waals surface area contributed by atoms with Crippen molar-refractivity contribution < 1.29 is 14.2 Å². The van der Waals surface area contributed by atoms with E-state index >= 15 is 0 Å². The van der Waals surface area contributed by atoms with Crippen molar-refractivity contribution in [2.75, 3.05) is 39.6 Å². The normalized spacial score (nSPS) is 15.7. The van der Waals surface area contributed by atoms with Crippen LogP contribution in [0.1, 0.15) is 0 Å². The number of morpholine rings is 1. The molecule has 0 saturated carbocycles. The summed E-state index contributed by atoms with van der Waals surface area (Å²) in [7, 11) is 0. The third kappa shape index (κ3) is 3.83. The molecule has 9 heteroatoms. The zero-order valence-corrected chi connectivity index (χ0v) is 18.5. The van der Waals surface area contributed by atoms with Crippen LogP contribution >= 0.6 is 24.8 Å².